The lowest BCUT2D eigenvalue weighted by molar-refractivity contribution is 0.411. The molecule has 0 radical (unpaired) electrons. The number of halogens is 1. The average molecular weight is 350 g/mol. The van der Waals surface area contributed by atoms with Crippen LogP contribution in [0.2, 0.25) is 5.02 Å². The molecule has 1 heterocycles. The van der Waals surface area contributed by atoms with Crippen molar-refractivity contribution in [2.75, 3.05) is 7.11 Å². The van der Waals surface area contributed by atoms with Crippen molar-refractivity contribution in [3.63, 3.8) is 0 Å². The molecule has 1 aromatic heterocycles. The Morgan fingerprint density at radius 1 is 1.16 bits per heavy atom. The fourth-order valence-corrected chi connectivity index (χ4v) is 3.53. The summed E-state index contributed by atoms with van der Waals surface area (Å²) in [6.07, 6.45) is 1.41. The molecule has 5 heteroatoms. The van der Waals surface area contributed by atoms with E-state index in [4.69, 9.17) is 21.4 Å². The third-order valence-electron chi connectivity index (χ3n) is 4.57. The molecule has 1 aliphatic carbocycles. The molecular formula is C20H16ClN3O. The van der Waals surface area contributed by atoms with E-state index >= 15 is 0 Å². The molecule has 0 aliphatic heterocycles. The third-order valence-corrected chi connectivity index (χ3v) is 4.82. The van der Waals surface area contributed by atoms with E-state index in [1.165, 1.54) is 0 Å². The number of aromatic nitrogens is 2. The standard InChI is InChI=1S/C20H16ClN3O/c1-25-19-5-3-2-4-18(19)24-20(14-6-8-15(21)9-7-14)16-10-13(12-22)11-17(16)23-24/h2-9,13H,10-11H2,1H3. The Labute approximate surface area is 151 Å². The number of hydrogen-bond acceptors (Lipinski definition) is 3. The van der Waals surface area contributed by atoms with Crippen LogP contribution in [0.25, 0.3) is 16.9 Å². The molecule has 0 bridgehead atoms. The SMILES string of the molecule is COc1ccccc1-n1nc2c(c1-c1ccc(Cl)cc1)CC(C#N)C2. The minimum Gasteiger partial charge on any atom is -0.494 e. The predicted molar refractivity (Wildman–Crippen MR) is 97.1 cm³/mol. The smallest absolute Gasteiger partial charge is 0.144 e. The number of methoxy groups -OCH3 is 1. The minimum atomic E-state index is -0.00382. The molecule has 4 rings (SSSR count). The molecule has 1 atom stereocenters. The number of ether oxygens (including phenoxy) is 1. The van der Waals surface area contributed by atoms with Gasteiger partial charge in [-0.05, 0) is 30.7 Å². The van der Waals surface area contributed by atoms with E-state index in [1.807, 2.05) is 53.2 Å². The van der Waals surface area contributed by atoms with Crippen LogP contribution < -0.4 is 4.74 Å². The highest BCUT2D eigenvalue weighted by Gasteiger charge is 2.30. The second-order valence-corrected chi connectivity index (χ2v) is 6.54. The van der Waals surface area contributed by atoms with Crippen LogP contribution in [0.5, 0.6) is 5.75 Å². The van der Waals surface area contributed by atoms with Gasteiger partial charge < -0.3 is 4.74 Å². The van der Waals surface area contributed by atoms with Crippen LogP contribution in [0.15, 0.2) is 48.5 Å². The zero-order valence-electron chi connectivity index (χ0n) is 13.7. The van der Waals surface area contributed by atoms with Gasteiger partial charge in [-0.1, -0.05) is 35.9 Å². The molecule has 0 fully saturated rings. The molecule has 25 heavy (non-hydrogen) atoms. The average Bonchev–Trinajstić information content (AvgIpc) is 3.20. The highest BCUT2D eigenvalue weighted by molar-refractivity contribution is 6.30. The monoisotopic (exact) mass is 349 g/mol. The van der Waals surface area contributed by atoms with Crippen LogP contribution in [0.4, 0.5) is 0 Å². The van der Waals surface area contributed by atoms with Crippen LogP contribution in [0.3, 0.4) is 0 Å². The molecule has 0 spiro atoms. The molecule has 0 N–H and O–H groups in total. The molecule has 2 aromatic carbocycles. The Balaban J connectivity index is 1.94. The highest BCUT2D eigenvalue weighted by Crippen LogP contribution is 2.38. The second-order valence-electron chi connectivity index (χ2n) is 6.10. The molecular weight excluding hydrogens is 334 g/mol. The fraction of sp³-hybridized carbons (Fsp3) is 0.200. The lowest BCUT2D eigenvalue weighted by Crippen LogP contribution is -2.05. The van der Waals surface area contributed by atoms with E-state index in [-0.39, 0.29) is 5.92 Å². The van der Waals surface area contributed by atoms with Crippen molar-refractivity contribution in [2.45, 2.75) is 12.8 Å². The van der Waals surface area contributed by atoms with Crippen molar-refractivity contribution >= 4 is 11.6 Å². The van der Waals surface area contributed by atoms with Gasteiger partial charge in [0.05, 0.1) is 30.5 Å². The summed E-state index contributed by atoms with van der Waals surface area (Å²) < 4.78 is 7.45. The lowest BCUT2D eigenvalue weighted by Gasteiger charge is -2.13. The summed E-state index contributed by atoms with van der Waals surface area (Å²) in [6.45, 7) is 0. The zero-order chi connectivity index (χ0) is 17.4. The first-order valence-corrected chi connectivity index (χ1v) is 8.48. The zero-order valence-corrected chi connectivity index (χ0v) is 14.5. The van der Waals surface area contributed by atoms with E-state index in [0.29, 0.717) is 11.4 Å². The summed E-state index contributed by atoms with van der Waals surface area (Å²) in [7, 11) is 1.66. The lowest BCUT2D eigenvalue weighted by atomic mass is 10.0. The van der Waals surface area contributed by atoms with Gasteiger partial charge >= 0.3 is 0 Å². The Bertz CT molecular complexity index is 970. The van der Waals surface area contributed by atoms with Crippen LogP contribution in [0, 0.1) is 17.2 Å². The number of nitrogens with zero attached hydrogens (tertiary/aromatic N) is 3. The second kappa shape index (κ2) is 6.27. The van der Waals surface area contributed by atoms with Gasteiger partial charge in [0, 0.05) is 22.6 Å². The van der Waals surface area contributed by atoms with Gasteiger partial charge in [0.2, 0.25) is 0 Å². The van der Waals surface area contributed by atoms with Gasteiger partial charge in [0.1, 0.15) is 11.4 Å². The van der Waals surface area contributed by atoms with Crippen molar-refractivity contribution < 1.29 is 4.74 Å². The molecule has 0 saturated carbocycles. The van der Waals surface area contributed by atoms with E-state index in [2.05, 4.69) is 6.07 Å². The highest BCUT2D eigenvalue weighted by atomic mass is 35.5. The summed E-state index contributed by atoms with van der Waals surface area (Å²) in [5.74, 6) is 0.756. The van der Waals surface area contributed by atoms with Crippen LogP contribution >= 0.6 is 11.6 Å². The molecule has 0 saturated heterocycles. The first kappa shape index (κ1) is 15.7. The van der Waals surface area contributed by atoms with Gasteiger partial charge in [-0.3, -0.25) is 0 Å². The third kappa shape index (κ3) is 2.67. The Morgan fingerprint density at radius 2 is 1.92 bits per heavy atom. The van der Waals surface area contributed by atoms with Gasteiger partial charge in [-0.2, -0.15) is 10.4 Å². The Morgan fingerprint density at radius 3 is 2.64 bits per heavy atom. The van der Waals surface area contributed by atoms with Crippen molar-refractivity contribution in [3.8, 4) is 28.8 Å². The first-order chi connectivity index (χ1) is 12.2. The quantitative estimate of drug-likeness (QED) is 0.702. The summed E-state index contributed by atoms with van der Waals surface area (Å²) >= 11 is 6.05. The number of fused-ring (bicyclic) bond motifs is 1. The van der Waals surface area contributed by atoms with Crippen LogP contribution in [0.1, 0.15) is 11.3 Å². The van der Waals surface area contributed by atoms with Crippen LogP contribution in [-0.2, 0) is 12.8 Å². The van der Waals surface area contributed by atoms with Crippen molar-refractivity contribution in [1.29, 1.82) is 5.26 Å². The molecule has 1 aliphatic rings. The van der Waals surface area contributed by atoms with Crippen molar-refractivity contribution in [2.24, 2.45) is 5.92 Å². The van der Waals surface area contributed by atoms with Gasteiger partial charge in [-0.25, -0.2) is 4.68 Å². The summed E-state index contributed by atoms with van der Waals surface area (Å²) in [5.41, 5.74) is 5.05. The van der Waals surface area contributed by atoms with E-state index < -0.39 is 0 Å². The largest absolute Gasteiger partial charge is 0.494 e. The topological polar surface area (TPSA) is 50.8 Å². The Hall–Kier alpha value is -2.77. The Kier molecular flexibility index (Phi) is 3.95. The first-order valence-electron chi connectivity index (χ1n) is 8.11. The van der Waals surface area contributed by atoms with E-state index in [9.17, 15) is 5.26 Å². The molecule has 4 nitrogen and oxygen atoms in total. The van der Waals surface area contributed by atoms with Gasteiger partial charge in [-0.15, -0.1) is 0 Å². The molecule has 0 amide bonds. The summed E-state index contributed by atoms with van der Waals surface area (Å²) in [4.78, 5) is 0. The maximum Gasteiger partial charge on any atom is 0.144 e. The molecule has 1 unspecified atom stereocenters. The minimum absolute atomic E-state index is 0.00382. The van der Waals surface area contributed by atoms with Gasteiger partial charge in [0.25, 0.3) is 0 Å². The number of nitriles is 1. The van der Waals surface area contributed by atoms with Crippen molar-refractivity contribution in [1.82, 2.24) is 9.78 Å². The number of hydrogen-bond donors (Lipinski definition) is 0. The summed E-state index contributed by atoms with van der Waals surface area (Å²) in [5, 5.41) is 14.8. The number of benzene rings is 2. The van der Waals surface area contributed by atoms with Crippen molar-refractivity contribution in [3.05, 3.63) is 64.8 Å². The molecule has 3 aromatic rings. The van der Waals surface area contributed by atoms with E-state index in [0.717, 1.165) is 40.4 Å². The van der Waals surface area contributed by atoms with Gasteiger partial charge in [0.15, 0.2) is 0 Å². The summed E-state index contributed by atoms with van der Waals surface area (Å²) in [6, 6.07) is 17.9. The number of para-hydroxylation sites is 2. The predicted octanol–water partition coefficient (Wildman–Crippen LogP) is 4.44. The van der Waals surface area contributed by atoms with E-state index in [1.54, 1.807) is 7.11 Å². The van der Waals surface area contributed by atoms with Crippen LogP contribution in [-0.4, -0.2) is 16.9 Å². The maximum atomic E-state index is 9.30. The fourth-order valence-electron chi connectivity index (χ4n) is 3.40. The normalized spacial score (nSPS) is 15.6. The number of rotatable bonds is 3. The molecule has 124 valence electrons. The maximum absolute atomic E-state index is 9.30.